The van der Waals surface area contributed by atoms with Gasteiger partial charge in [-0.05, 0) is 42.5 Å². The first-order valence-electron chi connectivity index (χ1n) is 8.63. The maximum Gasteiger partial charge on any atom is 0.162 e. The Kier molecular flexibility index (Phi) is 3.53. The third-order valence-corrected chi connectivity index (χ3v) is 4.53. The molecule has 3 heterocycles. The van der Waals surface area contributed by atoms with Crippen LogP contribution in [0.15, 0.2) is 73.3 Å². The van der Waals surface area contributed by atoms with E-state index in [-0.39, 0.29) is 0 Å². The molecule has 6 nitrogen and oxygen atoms in total. The van der Waals surface area contributed by atoms with Crippen molar-refractivity contribution in [1.82, 2.24) is 24.5 Å². The number of imidazole rings is 1. The van der Waals surface area contributed by atoms with E-state index in [0.29, 0.717) is 5.82 Å². The number of aryl methyl sites for hydroxylation is 1. The molecule has 0 saturated carbocycles. The summed E-state index contributed by atoms with van der Waals surface area (Å²) in [7, 11) is 1.99. The van der Waals surface area contributed by atoms with Crippen LogP contribution in [-0.4, -0.2) is 24.5 Å². The molecule has 6 heteroatoms. The summed E-state index contributed by atoms with van der Waals surface area (Å²) in [6.07, 6.45) is 5.31. The summed E-state index contributed by atoms with van der Waals surface area (Å²) in [5.74, 6) is 1.43. The molecule has 27 heavy (non-hydrogen) atoms. The van der Waals surface area contributed by atoms with Crippen LogP contribution < -0.4 is 5.32 Å². The lowest BCUT2D eigenvalue weighted by molar-refractivity contribution is 0.948. The zero-order valence-corrected chi connectivity index (χ0v) is 14.7. The van der Waals surface area contributed by atoms with E-state index in [1.165, 1.54) is 0 Å². The number of para-hydroxylation sites is 1. The second-order valence-corrected chi connectivity index (χ2v) is 6.33. The quantitative estimate of drug-likeness (QED) is 0.524. The van der Waals surface area contributed by atoms with E-state index in [9.17, 15) is 0 Å². The molecule has 1 N–H and O–H groups in total. The van der Waals surface area contributed by atoms with Crippen molar-refractivity contribution in [1.29, 1.82) is 0 Å². The monoisotopic (exact) mass is 352 g/mol. The van der Waals surface area contributed by atoms with Crippen molar-refractivity contribution in [3.63, 3.8) is 0 Å². The molecule has 0 amide bonds. The molecule has 0 saturated heterocycles. The van der Waals surface area contributed by atoms with Gasteiger partial charge < -0.3 is 9.88 Å². The van der Waals surface area contributed by atoms with Crippen molar-refractivity contribution < 1.29 is 0 Å². The second kappa shape index (κ2) is 6.17. The summed E-state index contributed by atoms with van der Waals surface area (Å²) in [6, 6.07) is 17.9. The number of rotatable bonds is 3. The Morgan fingerprint density at radius 2 is 1.74 bits per heavy atom. The van der Waals surface area contributed by atoms with Crippen LogP contribution in [0, 0.1) is 0 Å². The SMILES string of the molecule is Cn1cnc2cc(Nc3nc(-c4ccncc4)nc4ccccc34)ccc21. The van der Waals surface area contributed by atoms with Gasteiger partial charge in [-0.25, -0.2) is 15.0 Å². The zero-order valence-electron chi connectivity index (χ0n) is 14.7. The van der Waals surface area contributed by atoms with Gasteiger partial charge in [0.25, 0.3) is 0 Å². The van der Waals surface area contributed by atoms with Gasteiger partial charge in [0.2, 0.25) is 0 Å². The molecule has 0 atom stereocenters. The van der Waals surface area contributed by atoms with E-state index in [0.717, 1.165) is 39.0 Å². The highest BCUT2D eigenvalue weighted by molar-refractivity contribution is 5.93. The van der Waals surface area contributed by atoms with Gasteiger partial charge in [-0.1, -0.05) is 12.1 Å². The molecule has 2 aromatic carbocycles. The Hall–Kier alpha value is -3.80. The molecule has 0 bridgehead atoms. The van der Waals surface area contributed by atoms with E-state index in [1.807, 2.05) is 66.5 Å². The minimum absolute atomic E-state index is 0.664. The van der Waals surface area contributed by atoms with E-state index in [2.05, 4.69) is 21.4 Å². The number of fused-ring (bicyclic) bond motifs is 2. The van der Waals surface area contributed by atoms with Gasteiger partial charge in [-0.2, -0.15) is 0 Å². The number of pyridine rings is 1. The first kappa shape index (κ1) is 15.5. The molecule has 0 aliphatic rings. The number of hydrogen-bond acceptors (Lipinski definition) is 5. The average molecular weight is 352 g/mol. The van der Waals surface area contributed by atoms with E-state index in [1.54, 1.807) is 12.4 Å². The number of anilines is 2. The summed E-state index contributed by atoms with van der Waals surface area (Å²) in [4.78, 5) is 18.0. The van der Waals surface area contributed by atoms with Crippen LogP contribution in [-0.2, 0) is 7.05 Å². The largest absolute Gasteiger partial charge is 0.340 e. The summed E-state index contributed by atoms with van der Waals surface area (Å²) in [6.45, 7) is 0. The van der Waals surface area contributed by atoms with Gasteiger partial charge >= 0.3 is 0 Å². The van der Waals surface area contributed by atoms with E-state index in [4.69, 9.17) is 9.97 Å². The number of benzene rings is 2. The van der Waals surface area contributed by atoms with Gasteiger partial charge in [0.05, 0.1) is 22.9 Å². The van der Waals surface area contributed by atoms with Crippen molar-refractivity contribution in [2.75, 3.05) is 5.32 Å². The number of nitrogens with one attached hydrogen (secondary N) is 1. The lowest BCUT2D eigenvalue weighted by Gasteiger charge is -2.11. The summed E-state index contributed by atoms with van der Waals surface area (Å²) >= 11 is 0. The minimum atomic E-state index is 0.664. The molecule has 130 valence electrons. The van der Waals surface area contributed by atoms with E-state index < -0.39 is 0 Å². The molecular weight excluding hydrogens is 336 g/mol. The fourth-order valence-corrected chi connectivity index (χ4v) is 3.15. The van der Waals surface area contributed by atoms with Crippen LogP contribution in [0.2, 0.25) is 0 Å². The smallest absolute Gasteiger partial charge is 0.162 e. The lowest BCUT2D eigenvalue weighted by atomic mass is 10.2. The summed E-state index contributed by atoms with van der Waals surface area (Å²) < 4.78 is 2.00. The van der Waals surface area contributed by atoms with Crippen LogP contribution in [0.3, 0.4) is 0 Å². The van der Waals surface area contributed by atoms with Crippen molar-refractivity contribution in [3.8, 4) is 11.4 Å². The molecular formula is C21H16N6. The summed E-state index contributed by atoms with van der Waals surface area (Å²) in [5, 5.41) is 4.41. The molecule has 3 aromatic heterocycles. The first-order chi connectivity index (χ1) is 13.3. The molecule has 5 aromatic rings. The van der Waals surface area contributed by atoms with Crippen LogP contribution in [0.4, 0.5) is 11.5 Å². The van der Waals surface area contributed by atoms with Gasteiger partial charge in [0.15, 0.2) is 5.82 Å². The van der Waals surface area contributed by atoms with Crippen LogP contribution in [0.1, 0.15) is 0 Å². The highest BCUT2D eigenvalue weighted by atomic mass is 15.0. The van der Waals surface area contributed by atoms with Gasteiger partial charge in [0, 0.05) is 36.1 Å². The normalized spacial score (nSPS) is 11.1. The Labute approximate surface area is 155 Å². The lowest BCUT2D eigenvalue weighted by Crippen LogP contribution is -1.99. The fraction of sp³-hybridized carbons (Fsp3) is 0.0476. The highest BCUT2D eigenvalue weighted by Gasteiger charge is 2.10. The van der Waals surface area contributed by atoms with Crippen molar-refractivity contribution >= 4 is 33.4 Å². The van der Waals surface area contributed by atoms with Gasteiger partial charge in [0.1, 0.15) is 5.82 Å². The van der Waals surface area contributed by atoms with E-state index >= 15 is 0 Å². The molecule has 0 radical (unpaired) electrons. The first-order valence-corrected chi connectivity index (χ1v) is 8.63. The fourth-order valence-electron chi connectivity index (χ4n) is 3.15. The second-order valence-electron chi connectivity index (χ2n) is 6.33. The van der Waals surface area contributed by atoms with Crippen molar-refractivity contribution in [3.05, 3.63) is 73.3 Å². The number of aromatic nitrogens is 5. The highest BCUT2D eigenvalue weighted by Crippen LogP contribution is 2.28. The maximum atomic E-state index is 4.78. The van der Waals surface area contributed by atoms with Crippen LogP contribution in [0.25, 0.3) is 33.3 Å². The molecule has 0 unspecified atom stereocenters. The van der Waals surface area contributed by atoms with Crippen LogP contribution >= 0.6 is 0 Å². The molecule has 5 rings (SSSR count). The Balaban J connectivity index is 1.64. The number of hydrogen-bond donors (Lipinski definition) is 1. The topological polar surface area (TPSA) is 68.5 Å². The van der Waals surface area contributed by atoms with Crippen molar-refractivity contribution in [2.45, 2.75) is 0 Å². The standard InChI is InChI=1S/C21H16N6/c1-27-13-23-18-12-15(6-7-19(18)27)24-21-16-4-2-3-5-17(16)25-20(26-21)14-8-10-22-11-9-14/h2-13H,1H3,(H,24,25,26). The maximum absolute atomic E-state index is 4.78. The Morgan fingerprint density at radius 1 is 0.889 bits per heavy atom. The predicted octanol–water partition coefficient (Wildman–Crippen LogP) is 4.32. The molecule has 0 fully saturated rings. The van der Waals surface area contributed by atoms with Gasteiger partial charge in [-0.3, -0.25) is 4.98 Å². The zero-order chi connectivity index (χ0) is 18.2. The summed E-state index contributed by atoms with van der Waals surface area (Å²) in [5.41, 5.74) is 4.78. The Morgan fingerprint density at radius 3 is 2.63 bits per heavy atom. The minimum Gasteiger partial charge on any atom is -0.340 e. The predicted molar refractivity (Wildman–Crippen MR) is 107 cm³/mol. The molecule has 0 spiro atoms. The van der Waals surface area contributed by atoms with Crippen molar-refractivity contribution in [2.24, 2.45) is 7.05 Å². The van der Waals surface area contributed by atoms with Gasteiger partial charge in [-0.15, -0.1) is 0 Å². The van der Waals surface area contributed by atoms with Crippen LogP contribution in [0.5, 0.6) is 0 Å². The third-order valence-electron chi connectivity index (χ3n) is 4.53. The average Bonchev–Trinajstić information content (AvgIpc) is 3.09. The third kappa shape index (κ3) is 2.77. The number of nitrogens with zero attached hydrogens (tertiary/aromatic N) is 5. The Bertz CT molecular complexity index is 1260. The molecule has 0 aliphatic heterocycles. The molecule has 0 aliphatic carbocycles.